The Morgan fingerprint density at radius 3 is 2.63 bits per heavy atom. The van der Waals surface area contributed by atoms with E-state index >= 15 is 0 Å². The zero-order valence-corrected chi connectivity index (χ0v) is 18.7. The van der Waals surface area contributed by atoms with Crippen LogP contribution in [0.3, 0.4) is 0 Å². The molecule has 30 heavy (non-hydrogen) atoms. The molecule has 1 fully saturated rings. The van der Waals surface area contributed by atoms with Crippen molar-refractivity contribution in [1.29, 1.82) is 0 Å². The van der Waals surface area contributed by atoms with Crippen LogP contribution in [0.4, 0.5) is 0 Å². The van der Waals surface area contributed by atoms with Gasteiger partial charge in [-0.1, -0.05) is 26.7 Å². The SMILES string of the molecule is CCCCCN(CC)S(=O)(=O)c1ccc2oc(C(=O)NCC3CCOCC3)cc2c1. The molecule has 1 aromatic heterocycles. The van der Waals surface area contributed by atoms with Crippen LogP contribution >= 0.6 is 0 Å². The molecule has 1 saturated heterocycles. The Hall–Kier alpha value is -1.90. The summed E-state index contributed by atoms with van der Waals surface area (Å²) < 4.78 is 38.6. The highest BCUT2D eigenvalue weighted by atomic mass is 32.2. The first kappa shape index (κ1) is 22.8. The molecule has 1 amide bonds. The summed E-state index contributed by atoms with van der Waals surface area (Å²) in [6, 6.07) is 6.37. The predicted octanol–water partition coefficient (Wildman–Crippen LogP) is 3.79. The first-order valence-electron chi connectivity index (χ1n) is 10.9. The van der Waals surface area contributed by atoms with Gasteiger partial charge in [-0.15, -0.1) is 0 Å². The molecule has 0 radical (unpaired) electrons. The van der Waals surface area contributed by atoms with Gasteiger partial charge in [-0.3, -0.25) is 4.79 Å². The van der Waals surface area contributed by atoms with E-state index in [1.54, 1.807) is 24.3 Å². The Labute approximate surface area is 178 Å². The molecule has 1 aliphatic heterocycles. The van der Waals surface area contributed by atoms with Crippen LogP contribution in [0.15, 0.2) is 33.6 Å². The van der Waals surface area contributed by atoms with Crippen molar-refractivity contribution in [2.24, 2.45) is 5.92 Å². The molecule has 166 valence electrons. The number of amides is 1. The third kappa shape index (κ3) is 5.42. The van der Waals surface area contributed by atoms with Crippen molar-refractivity contribution in [3.05, 3.63) is 30.0 Å². The molecule has 0 aliphatic carbocycles. The van der Waals surface area contributed by atoms with Crippen LogP contribution in [-0.4, -0.2) is 51.5 Å². The molecule has 3 rings (SSSR count). The minimum Gasteiger partial charge on any atom is -0.451 e. The van der Waals surface area contributed by atoms with E-state index in [0.717, 1.165) is 45.3 Å². The van der Waals surface area contributed by atoms with Crippen molar-refractivity contribution in [1.82, 2.24) is 9.62 Å². The maximum atomic E-state index is 13.0. The number of rotatable bonds is 10. The summed E-state index contributed by atoms with van der Waals surface area (Å²) in [6.45, 7) is 6.92. The molecule has 1 N–H and O–H groups in total. The summed E-state index contributed by atoms with van der Waals surface area (Å²) in [5.74, 6) is 0.329. The predicted molar refractivity (Wildman–Crippen MR) is 116 cm³/mol. The number of benzene rings is 1. The Bertz CT molecular complexity index is 948. The van der Waals surface area contributed by atoms with Crippen LogP contribution in [0.25, 0.3) is 11.0 Å². The molecule has 0 bridgehead atoms. The normalized spacial score (nSPS) is 15.7. The number of hydrogen-bond acceptors (Lipinski definition) is 5. The van der Waals surface area contributed by atoms with Gasteiger partial charge in [0.25, 0.3) is 5.91 Å². The molecular formula is C22H32N2O5S. The van der Waals surface area contributed by atoms with Crippen molar-refractivity contribution in [3.8, 4) is 0 Å². The van der Waals surface area contributed by atoms with E-state index in [2.05, 4.69) is 12.2 Å². The summed E-state index contributed by atoms with van der Waals surface area (Å²) in [5.41, 5.74) is 0.499. The van der Waals surface area contributed by atoms with Gasteiger partial charge in [-0.25, -0.2) is 8.42 Å². The molecule has 2 aromatic rings. The van der Waals surface area contributed by atoms with Gasteiger partial charge >= 0.3 is 0 Å². The van der Waals surface area contributed by atoms with E-state index in [-0.39, 0.29) is 16.6 Å². The van der Waals surface area contributed by atoms with Gasteiger partial charge in [0.15, 0.2) is 5.76 Å². The molecule has 0 unspecified atom stereocenters. The Kier molecular flexibility index (Phi) is 7.91. The van der Waals surface area contributed by atoms with E-state index in [4.69, 9.17) is 9.15 Å². The van der Waals surface area contributed by atoms with E-state index in [1.807, 2.05) is 6.92 Å². The maximum absolute atomic E-state index is 13.0. The summed E-state index contributed by atoms with van der Waals surface area (Å²) in [6.07, 6.45) is 4.76. The summed E-state index contributed by atoms with van der Waals surface area (Å²) in [5, 5.41) is 3.52. The quantitative estimate of drug-likeness (QED) is 0.573. The average molecular weight is 437 g/mol. The van der Waals surface area contributed by atoms with Gasteiger partial charge in [-0.2, -0.15) is 4.31 Å². The number of sulfonamides is 1. The average Bonchev–Trinajstić information content (AvgIpc) is 3.19. The van der Waals surface area contributed by atoms with Crippen LogP contribution < -0.4 is 5.32 Å². The second-order valence-corrected chi connectivity index (χ2v) is 9.72. The molecule has 0 spiro atoms. The molecule has 7 nitrogen and oxygen atoms in total. The first-order valence-corrected chi connectivity index (χ1v) is 12.3. The topological polar surface area (TPSA) is 88.9 Å². The van der Waals surface area contributed by atoms with Crippen molar-refractivity contribution < 1.29 is 22.4 Å². The lowest BCUT2D eigenvalue weighted by molar-refractivity contribution is 0.0639. The summed E-state index contributed by atoms with van der Waals surface area (Å²) >= 11 is 0. The van der Waals surface area contributed by atoms with Crippen LogP contribution in [0.1, 0.15) is 56.5 Å². The smallest absolute Gasteiger partial charge is 0.287 e. The number of carbonyl (C=O) groups excluding carboxylic acids is 1. The van der Waals surface area contributed by atoms with Gasteiger partial charge in [0.05, 0.1) is 4.90 Å². The van der Waals surface area contributed by atoms with Gasteiger partial charge in [0, 0.05) is 38.2 Å². The maximum Gasteiger partial charge on any atom is 0.287 e. The number of nitrogens with one attached hydrogen (secondary N) is 1. The number of nitrogens with zero attached hydrogens (tertiary/aromatic N) is 1. The number of fused-ring (bicyclic) bond motifs is 1. The second-order valence-electron chi connectivity index (χ2n) is 7.78. The minimum absolute atomic E-state index is 0.196. The summed E-state index contributed by atoms with van der Waals surface area (Å²) in [7, 11) is -3.58. The highest BCUT2D eigenvalue weighted by Gasteiger charge is 2.24. The largest absolute Gasteiger partial charge is 0.451 e. The monoisotopic (exact) mass is 436 g/mol. The van der Waals surface area contributed by atoms with Crippen LogP contribution in [0.5, 0.6) is 0 Å². The summed E-state index contributed by atoms with van der Waals surface area (Å²) in [4.78, 5) is 12.7. The van der Waals surface area contributed by atoms with E-state index in [1.165, 1.54) is 4.31 Å². The van der Waals surface area contributed by atoms with Gasteiger partial charge in [-0.05, 0) is 49.4 Å². The highest BCUT2D eigenvalue weighted by molar-refractivity contribution is 7.89. The Morgan fingerprint density at radius 1 is 1.17 bits per heavy atom. The molecule has 1 aliphatic rings. The number of hydrogen-bond donors (Lipinski definition) is 1. The van der Waals surface area contributed by atoms with Crippen LogP contribution in [-0.2, 0) is 14.8 Å². The van der Waals surface area contributed by atoms with E-state index in [9.17, 15) is 13.2 Å². The van der Waals surface area contributed by atoms with Crippen molar-refractivity contribution in [2.75, 3.05) is 32.8 Å². The number of ether oxygens (including phenoxy) is 1. The fourth-order valence-corrected chi connectivity index (χ4v) is 5.23. The first-order chi connectivity index (χ1) is 14.5. The lowest BCUT2D eigenvalue weighted by Crippen LogP contribution is -2.31. The van der Waals surface area contributed by atoms with Gasteiger partial charge < -0.3 is 14.5 Å². The van der Waals surface area contributed by atoms with Gasteiger partial charge in [0.2, 0.25) is 10.0 Å². The van der Waals surface area contributed by atoms with Crippen molar-refractivity contribution >= 4 is 26.9 Å². The fraction of sp³-hybridized carbons (Fsp3) is 0.591. The third-order valence-corrected chi connectivity index (χ3v) is 7.58. The van der Waals surface area contributed by atoms with E-state index in [0.29, 0.717) is 36.5 Å². The zero-order chi connectivity index (χ0) is 21.6. The fourth-order valence-electron chi connectivity index (χ4n) is 3.70. The van der Waals surface area contributed by atoms with E-state index < -0.39 is 10.0 Å². The molecule has 0 atom stereocenters. The minimum atomic E-state index is -3.58. The molecule has 8 heteroatoms. The lowest BCUT2D eigenvalue weighted by Gasteiger charge is -2.21. The molecule has 2 heterocycles. The number of furan rings is 1. The Morgan fingerprint density at radius 2 is 1.93 bits per heavy atom. The highest BCUT2D eigenvalue weighted by Crippen LogP contribution is 2.25. The molecule has 1 aromatic carbocycles. The van der Waals surface area contributed by atoms with Crippen molar-refractivity contribution in [3.63, 3.8) is 0 Å². The number of unbranched alkanes of at least 4 members (excludes halogenated alkanes) is 2. The Balaban J connectivity index is 1.72. The molecular weight excluding hydrogens is 404 g/mol. The number of carbonyl (C=O) groups is 1. The second kappa shape index (κ2) is 10.4. The standard InChI is InChI=1S/C22H32N2O5S/c1-3-5-6-11-24(4-2)30(26,27)19-7-8-20-18(14-19)15-21(29-20)22(25)23-16-17-9-12-28-13-10-17/h7-8,14-15,17H,3-6,9-13,16H2,1-2H3,(H,23,25). The van der Waals surface area contributed by atoms with Crippen LogP contribution in [0.2, 0.25) is 0 Å². The lowest BCUT2D eigenvalue weighted by atomic mass is 10.0. The third-order valence-electron chi connectivity index (χ3n) is 5.61. The zero-order valence-electron chi connectivity index (χ0n) is 17.9. The van der Waals surface area contributed by atoms with Gasteiger partial charge in [0.1, 0.15) is 5.58 Å². The van der Waals surface area contributed by atoms with Crippen molar-refractivity contribution in [2.45, 2.75) is 50.8 Å². The van der Waals surface area contributed by atoms with Crippen LogP contribution in [0, 0.1) is 5.92 Å². The molecule has 0 saturated carbocycles.